The molecular weight excluding hydrogens is 220 g/mol. The maximum absolute atomic E-state index is 11.5. The summed E-state index contributed by atoms with van der Waals surface area (Å²) in [6, 6.07) is 3.70. The lowest BCUT2D eigenvalue weighted by molar-refractivity contribution is -0.126. The van der Waals surface area contributed by atoms with Gasteiger partial charge in [0.1, 0.15) is 6.61 Å². The third-order valence-corrected chi connectivity index (χ3v) is 2.25. The second-order valence-electron chi connectivity index (χ2n) is 3.62. The molecule has 1 N–H and O–H groups in total. The number of nitrogens with zero attached hydrogens (tertiary/aromatic N) is 1. The maximum Gasteiger partial charge on any atom is 0.246 e. The van der Waals surface area contributed by atoms with E-state index in [9.17, 15) is 4.79 Å². The minimum atomic E-state index is -0.134. The average Bonchev–Trinajstić information content (AvgIpc) is 2.36. The van der Waals surface area contributed by atoms with Crippen LogP contribution in [-0.2, 0) is 14.3 Å². The molecule has 1 aromatic rings. The van der Waals surface area contributed by atoms with Gasteiger partial charge in [-0.05, 0) is 24.6 Å². The van der Waals surface area contributed by atoms with E-state index in [2.05, 4.69) is 10.3 Å². The van der Waals surface area contributed by atoms with E-state index in [-0.39, 0.29) is 18.6 Å². The first kappa shape index (κ1) is 13.6. The monoisotopic (exact) mass is 238 g/mol. The molecule has 1 atom stereocenters. The number of ether oxygens (including phenoxy) is 2. The van der Waals surface area contributed by atoms with Crippen LogP contribution in [-0.4, -0.2) is 37.8 Å². The summed E-state index contributed by atoms with van der Waals surface area (Å²) < 4.78 is 9.93. The number of hydrogen-bond donors (Lipinski definition) is 1. The zero-order valence-electron chi connectivity index (χ0n) is 10.2. The molecule has 5 heteroatoms. The summed E-state index contributed by atoms with van der Waals surface area (Å²) in [6.07, 6.45) is 3.40. The van der Waals surface area contributed by atoms with Gasteiger partial charge < -0.3 is 14.8 Å². The smallest absolute Gasteiger partial charge is 0.246 e. The molecule has 0 fully saturated rings. The summed E-state index contributed by atoms with van der Waals surface area (Å²) in [5.74, 6) is -0.134. The summed E-state index contributed by atoms with van der Waals surface area (Å²) >= 11 is 0. The van der Waals surface area contributed by atoms with Crippen molar-refractivity contribution in [2.75, 3.05) is 26.9 Å². The third kappa shape index (κ3) is 5.42. The molecule has 17 heavy (non-hydrogen) atoms. The summed E-state index contributed by atoms with van der Waals surface area (Å²) in [6.45, 7) is 2.89. The molecule has 5 nitrogen and oxygen atoms in total. The highest BCUT2D eigenvalue weighted by Crippen LogP contribution is 2.09. The molecule has 1 heterocycles. The van der Waals surface area contributed by atoms with Crippen molar-refractivity contribution in [2.24, 2.45) is 0 Å². The predicted octanol–water partition coefficient (Wildman–Crippen LogP) is 0.922. The van der Waals surface area contributed by atoms with Crippen LogP contribution in [0.5, 0.6) is 0 Å². The summed E-state index contributed by atoms with van der Waals surface area (Å²) in [5.41, 5.74) is 1.02. The topological polar surface area (TPSA) is 60.5 Å². The predicted molar refractivity (Wildman–Crippen MR) is 63.5 cm³/mol. The Hall–Kier alpha value is -1.46. The van der Waals surface area contributed by atoms with Gasteiger partial charge in [-0.15, -0.1) is 0 Å². The van der Waals surface area contributed by atoms with Crippen LogP contribution in [0.25, 0.3) is 0 Å². The van der Waals surface area contributed by atoms with Crippen LogP contribution in [0.1, 0.15) is 18.5 Å². The molecule has 0 aromatic carbocycles. The highest BCUT2D eigenvalue weighted by molar-refractivity contribution is 5.77. The Morgan fingerprint density at radius 3 is 2.76 bits per heavy atom. The SMILES string of the molecule is COCCOCC(=O)NC(C)c1ccncc1. The standard InChI is InChI=1S/C12H18N2O3/c1-10(11-3-5-13-6-4-11)14-12(15)9-17-8-7-16-2/h3-6,10H,7-9H2,1-2H3,(H,14,15). The van der Waals surface area contributed by atoms with E-state index in [0.717, 1.165) is 5.56 Å². The summed E-state index contributed by atoms with van der Waals surface area (Å²) in [4.78, 5) is 15.4. The van der Waals surface area contributed by atoms with Gasteiger partial charge in [-0.25, -0.2) is 0 Å². The van der Waals surface area contributed by atoms with Crippen LogP contribution >= 0.6 is 0 Å². The fourth-order valence-electron chi connectivity index (χ4n) is 1.33. The zero-order valence-corrected chi connectivity index (χ0v) is 10.2. The number of pyridine rings is 1. The lowest BCUT2D eigenvalue weighted by Crippen LogP contribution is -2.30. The highest BCUT2D eigenvalue weighted by Gasteiger charge is 2.08. The first-order valence-electron chi connectivity index (χ1n) is 5.50. The molecule has 1 rings (SSSR count). The Bertz CT molecular complexity index is 330. The molecule has 0 bridgehead atoms. The average molecular weight is 238 g/mol. The lowest BCUT2D eigenvalue weighted by Gasteiger charge is -2.14. The lowest BCUT2D eigenvalue weighted by atomic mass is 10.1. The van der Waals surface area contributed by atoms with E-state index in [4.69, 9.17) is 9.47 Å². The Labute approximate surface area is 101 Å². The molecular formula is C12H18N2O3. The summed E-state index contributed by atoms with van der Waals surface area (Å²) in [5, 5.41) is 2.84. The van der Waals surface area contributed by atoms with Crippen LogP contribution < -0.4 is 5.32 Å². The van der Waals surface area contributed by atoms with E-state index in [0.29, 0.717) is 13.2 Å². The number of carbonyl (C=O) groups is 1. The number of nitrogens with one attached hydrogen (secondary N) is 1. The normalized spacial score (nSPS) is 12.1. The number of carbonyl (C=O) groups excluding carboxylic acids is 1. The van der Waals surface area contributed by atoms with E-state index in [1.54, 1.807) is 19.5 Å². The first-order valence-corrected chi connectivity index (χ1v) is 5.50. The van der Waals surface area contributed by atoms with Crippen LogP contribution in [0.15, 0.2) is 24.5 Å². The van der Waals surface area contributed by atoms with Crippen molar-refractivity contribution in [1.29, 1.82) is 0 Å². The first-order chi connectivity index (χ1) is 8.24. The number of amides is 1. The summed E-state index contributed by atoms with van der Waals surface area (Å²) in [7, 11) is 1.59. The van der Waals surface area contributed by atoms with Crippen LogP contribution in [0.3, 0.4) is 0 Å². The van der Waals surface area contributed by atoms with Gasteiger partial charge >= 0.3 is 0 Å². The van der Waals surface area contributed by atoms with E-state index in [1.807, 2.05) is 19.1 Å². The molecule has 0 saturated carbocycles. The number of methoxy groups -OCH3 is 1. The van der Waals surface area contributed by atoms with E-state index >= 15 is 0 Å². The van der Waals surface area contributed by atoms with Crippen LogP contribution in [0.4, 0.5) is 0 Å². The van der Waals surface area contributed by atoms with Gasteiger partial charge in [-0.1, -0.05) is 0 Å². The van der Waals surface area contributed by atoms with Crippen molar-refractivity contribution in [3.05, 3.63) is 30.1 Å². The van der Waals surface area contributed by atoms with Crippen molar-refractivity contribution in [3.63, 3.8) is 0 Å². The molecule has 0 spiro atoms. The molecule has 0 aliphatic carbocycles. The van der Waals surface area contributed by atoms with Crippen molar-refractivity contribution < 1.29 is 14.3 Å². The Morgan fingerprint density at radius 2 is 2.12 bits per heavy atom. The largest absolute Gasteiger partial charge is 0.382 e. The minimum absolute atomic E-state index is 0.0449. The van der Waals surface area contributed by atoms with Crippen LogP contribution in [0.2, 0.25) is 0 Å². The minimum Gasteiger partial charge on any atom is -0.382 e. The van der Waals surface area contributed by atoms with Gasteiger partial charge in [0, 0.05) is 19.5 Å². The number of rotatable bonds is 7. The van der Waals surface area contributed by atoms with E-state index in [1.165, 1.54) is 0 Å². The van der Waals surface area contributed by atoms with Gasteiger partial charge in [-0.3, -0.25) is 9.78 Å². The molecule has 0 aliphatic heterocycles. The van der Waals surface area contributed by atoms with Gasteiger partial charge in [0.25, 0.3) is 0 Å². The second-order valence-corrected chi connectivity index (χ2v) is 3.62. The third-order valence-electron chi connectivity index (χ3n) is 2.25. The number of hydrogen-bond acceptors (Lipinski definition) is 4. The van der Waals surface area contributed by atoms with E-state index < -0.39 is 0 Å². The number of aromatic nitrogens is 1. The molecule has 0 aliphatic rings. The van der Waals surface area contributed by atoms with Crippen molar-refractivity contribution >= 4 is 5.91 Å². The van der Waals surface area contributed by atoms with Crippen molar-refractivity contribution in [2.45, 2.75) is 13.0 Å². The molecule has 0 saturated heterocycles. The fourth-order valence-corrected chi connectivity index (χ4v) is 1.33. The van der Waals surface area contributed by atoms with Crippen molar-refractivity contribution in [1.82, 2.24) is 10.3 Å². The zero-order chi connectivity index (χ0) is 12.5. The molecule has 1 amide bonds. The van der Waals surface area contributed by atoms with Gasteiger partial charge in [0.2, 0.25) is 5.91 Å². The van der Waals surface area contributed by atoms with Crippen molar-refractivity contribution in [3.8, 4) is 0 Å². The molecule has 1 unspecified atom stereocenters. The second kappa shape index (κ2) is 7.76. The Balaban J connectivity index is 2.26. The maximum atomic E-state index is 11.5. The van der Waals surface area contributed by atoms with Gasteiger partial charge in [0.15, 0.2) is 0 Å². The Kier molecular flexibility index (Phi) is 6.21. The molecule has 94 valence electrons. The van der Waals surface area contributed by atoms with Gasteiger partial charge in [-0.2, -0.15) is 0 Å². The molecule has 0 radical (unpaired) electrons. The van der Waals surface area contributed by atoms with Gasteiger partial charge in [0.05, 0.1) is 19.3 Å². The molecule has 1 aromatic heterocycles. The fraction of sp³-hybridized carbons (Fsp3) is 0.500. The van der Waals surface area contributed by atoms with Crippen LogP contribution in [0, 0.1) is 0 Å². The Morgan fingerprint density at radius 1 is 1.41 bits per heavy atom. The highest BCUT2D eigenvalue weighted by atomic mass is 16.5. The quantitative estimate of drug-likeness (QED) is 0.718.